The number of thiazole rings is 1. The van der Waals surface area contributed by atoms with Crippen molar-refractivity contribution in [1.29, 1.82) is 0 Å². The van der Waals surface area contributed by atoms with E-state index in [4.69, 9.17) is 11.6 Å². The largest absolute Gasteiger partial charge is 0.302 e. The number of fused-ring (bicyclic) bond motifs is 1. The minimum absolute atomic E-state index is 0. The van der Waals surface area contributed by atoms with Gasteiger partial charge in [-0.2, -0.15) is 0 Å². The van der Waals surface area contributed by atoms with Crippen molar-refractivity contribution in [2.24, 2.45) is 0 Å². The predicted molar refractivity (Wildman–Crippen MR) is 136 cm³/mol. The van der Waals surface area contributed by atoms with Gasteiger partial charge in [0.2, 0.25) is 0 Å². The molecule has 0 aliphatic heterocycles. The summed E-state index contributed by atoms with van der Waals surface area (Å²) in [6.07, 6.45) is 0. The molecule has 3 aromatic rings. The minimum Gasteiger partial charge on any atom is -0.302 e. The molecule has 2 aromatic carbocycles. The number of carbonyl (C=O) groups is 1. The van der Waals surface area contributed by atoms with Gasteiger partial charge >= 0.3 is 0 Å². The number of sulfone groups is 1. The molecule has 6 nitrogen and oxygen atoms in total. The van der Waals surface area contributed by atoms with E-state index in [0.29, 0.717) is 28.8 Å². The van der Waals surface area contributed by atoms with Crippen molar-refractivity contribution in [3.8, 4) is 0 Å². The summed E-state index contributed by atoms with van der Waals surface area (Å²) in [5, 5.41) is 1.22. The molecule has 0 atom stereocenters. The second kappa shape index (κ2) is 11.4. The van der Waals surface area contributed by atoms with Crippen LogP contribution >= 0.6 is 35.3 Å². The lowest BCUT2D eigenvalue weighted by Crippen LogP contribution is -2.38. The van der Waals surface area contributed by atoms with Crippen LogP contribution in [0.25, 0.3) is 10.2 Å². The van der Waals surface area contributed by atoms with E-state index in [9.17, 15) is 13.2 Å². The van der Waals surface area contributed by atoms with Crippen molar-refractivity contribution in [2.75, 3.05) is 36.8 Å². The van der Waals surface area contributed by atoms with Gasteiger partial charge in [0.25, 0.3) is 5.91 Å². The summed E-state index contributed by atoms with van der Waals surface area (Å²) < 4.78 is 25.1. The number of carbonyl (C=O) groups excluding carboxylic acids is 1. The van der Waals surface area contributed by atoms with Crippen LogP contribution in [0.3, 0.4) is 0 Å². The Bertz CT molecular complexity index is 1160. The van der Waals surface area contributed by atoms with E-state index >= 15 is 0 Å². The Labute approximate surface area is 204 Å². The molecule has 0 fully saturated rings. The van der Waals surface area contributed by atoms with Crippen LogP contribution in [-0.4, -0.2) is 56.1 Å². The van der Waals surface area contributed by atoms with E-state index in [1.807, 2.05) is 12.1 Å². The number of nitrogens with zero attached hydrogens (tertiary/aromatic N) is 3. The summed E-state index contributed by atoms with van der Waals surface area (Å²) in [5.41, 5.74) is 1.21. The second-order valence-corrected chi connectivity index (χ2v) is 10.7. The van der Waals surface area contributed by atoms with Gasteiger partial charge in [-0.15, -0.1) is 12.4 Å². The van der Waals surface area contributed by atoms with E-state index < -0.39 is 9.84 Å². The number of benzene rings is 2. The quantitative estimate of drug-likeness (QED) is 0.393. The molecule has 10 heteroatoms. The number of hydrogen-bond acceptors (Lipinski definition) is 6. The van der Waals surface area contributed by atoms with E-state index in [1.54, 1.807) is 30.0 Å². The van der Waals surface area contributed by atoms with Crippen LogP contribution in [0.5, 0.6) is 0 Å². The molecule has 3 rings (SSSR count). The van der Waals surface area contributed by atoms with E-state index in [-0.39, 0.29) is 29.0 Å². The fourth-order valence-corrected chi connectivity index (χ4v) is 5.34. The summed E-state index contributed by atoms with van der Waals surface area (Å²) >= 11 is 7.53. The smallest absolute Gasteiger partial charge is 0.260 e. The van der Waals surface area contributed by atoms with Crippen LogP contribution in [-0.2, 0) is 9.84 Å². The Balaban J connectivity index is 0.00000363. The SMILES string of the molecule is CCN(CC)CCN(C(=O)c1ccc(S(=O)(=O)CC)cc1)c1nc2ccc(Cl)cc2s1.Cl. The molecule has 0 spiro atoms. The van der Waals surface area contributed by atoms with Crippen LogP contribution in [0.2, 0.25) is 5.02 Å². The highest BCUT2D eigenvalue weighted by atomic mass is 35.5. The molecule has 32 heavy (non-hydrogen) atoms. The first-order chi connectivity index (χ1) is 14.8. The maximum Gasteiger partial charge on any atom is 0.260 e. The molecule has 1 aromatic heterocycles. The van der Waals surface area contributed by atoms with E-state index in [1.165, 1.54) is 23.5 Å². The van der Waals surface area contributed by atoms with Crippen molar-refractivity contribution in [3.63, 3.8) is 0 Å². The molecule has 0 unspecified atom stereocenters. The molecule has 0 bridgehead atoms. The van der Waals surface area contributed by atoms with Crippen molar-refractivity contribution in [3.05, 3.63) is 53.1 Å². The monoisotopic (exact) mass is 515 g/mol. The van der Waals surface area contributed by atoms with Crippen molar-refractivity contribution in [1.82, 2.24) is 9.88 Å². The van der Waals surface area contributed by atoms with Crippen LogP contribution in [0, 0.1) is 0 Å². The summed E-state index contributed by atoms with van der Waals surface area (Å²) in [6, 6.07) is 11.6. The average Bonchev–Trinajstić information content (AvgIpc) is 3.19. The molecule has 0 saturated heterocycles. The zero-order valence-corrected chi connectivity index (χ0v) is 21.5. The van der Waals surface area contributed by atoms with Gasteiger partial charge in [0.1, 0.15) is 0 Å². The summed E-state index contributed by atoms with van der Waals surface area (Å²) in [7, 11) is -3.32. The second-order valence-electron chi connectivity index (χ2n) is 7.02. The third-order valence-corrected chi connectivity index (χ3v) is 8.22. The third kappa shape index (κ3) is 5.99. The zero-order chi connectivity index (χ0) is 22.6. The lowest BCUT2D eigenvalue weighted by Gasteiger charge is -2.24. The molecule has 0 aliphatic carbocycles. The molecule has 0 radical (unpaired) electrons. The highest BCUT2D eigenvalue weighted by Gasteiger charge is 2.23. The van der Waals surface area contributed by atoms with Gasteiger partial charge in [-0.25, -0.2) is 13.4 Å². The molecular formula is C22H27Cl2N3O3S2. The molecule has 1 amide bonds. The number of halogens is 2. The van der Waals surface area contributed by atoms with E-state index in [0.717, 1.165) is 23.3 Å². The van der Waals surface area contributed by atoms with Gasteiger partial charge in [-0.1, -0.05) is 43.7 Å². The first-order valence-electron chi connectivity index (χ1n) is 10.2. The summed E-state index contributed by atoms with van der Waals surface area (Å²) in [5.74, 6) is -0.192. The van der Waals surface area contributed by atoms with E-state index in [2.05, 4.69) is 23.7 Å². The molecular weight excluding hydrogens is 489 g/mol. The summed E-state index contributed by atoms with van der Waals surface area (Å²) in [6.45, 7) is 8.73. The maximum absolute atomic E-state index is 13.4. The first-order valence-corrected chi connectivity index (χ1v) is 13.1. The number of likely N-dealkylation sites (N-methyl/N-ethyl adjacent to an activating group) is 1. The normalized spacial score (nSPS) is 11.5. The highest BCUT2D eigenvalue weighted by Crippen LogP contribution is 2.31. The van der Waals surface area contributed by atoms with Crippen LogP contribution in [0.1, 0.15) is 31.1 Å². The van der Waals surface area contributed by atoms with Crippen LogP contribution in [0.4, 0.5) is 5.13 Å². The zero-order valence-electron chi connectivity index (χ0n) is 18.2. The van der Waals surface area contributed by atoms with Crippen molar-refractivity contribution >= 4 is 66.4 Å². The Morgan fingerprint density at radius 3 is 2.28 bits per heavy atom. The van der Waals surface area contributed by atoms with Gasteiger partial charge in [0.15, 0.2) is 15.0 Å². The average molecular weight is 517 g/mol. The summed E-state index contributed by atoms with van der Waals surface area (Å²) in [4.78, 5) is 22.2. The molecule has 174 valence electrons. The molecule has 1 heterocycles. The van der Waals surface area contributed by atoms with Gasteiger partial charge in [0, 0.05) is 23.7 Å². The molecule has 0 saturated carbocycles. The number of amides is 1. The van der Waals surface area contributed by atoms with Gasteiger partial charge in [-0.3, -0.25) is 9.69 Å². The molecule has 0 aliphatic rings. The van der Waals surface area contributed by atoms with Crippen LogP contribution in [0.15, 0.2) is 47.4 Å². The minimum atomic E-state index is -3.32. The lowest BCUT2D eigenvalue weighted by atomic mass is 10.2. The standard InChI is InChI=1S/C22H26ClN3O3S2.ClH/c1-4-25(5-2)13-14-26(22-24-19-12-9-17(23)15-20(19)30-22)21(27)16-7-10-18(11-8-16)31(28,29)6-3;/h7-12,15H,4-6,13-14H2,1-3H3;1H. The van der Waals surface area contributed by atoms with Crippen LogP contribution < -0.4 is 4.90 Å². The number of hydrogen-bond donors (Lipinski definition) is 0. The number of rotatable bonds is 9. The topological polar surface area (TPSA) is 70.6 Å². The molecule has 0 N–H and O–H groups in total. The Hall–Kier alpha value is -1.71. The number of anilines is 1. The number of aromatic nitrogens is 1. The van der Waals surface area contributed by atoms with Crippen molar-refractivity contribution < 1.29 is 13.2 Å². The highest BCUT2D eigenvalue weighted by molar-refractivity contribution is 7.91. The van der Waals surface area contributed by atoms with Gasteiger partial charge in [-0.05, 0) is 55.6 Å². The van der Waals surface area contributed by atoms with Gasteiger partial charge < -0.3 is 4.90 Å². The maximum atomic E-state index is 13.4. The third-order valence-electron chi connectivity index (χ3n) is 5.19. The first kappa shape index (κ1) is 26.5. The Kier molecular flexibility index (Phi) is 9.48. The van der Waals surface area contributed by atoms with Crippen molar-refractivity contribution in [2.45, 2.75) is 25.7 Å². The fraction of sp³-hybridized carbons (Fsp3) is 0.364. The Morgan fingerprint density at radius 1 is 1.03 bits per heavy atom. The lowest BCUT2D eigenvalue weighted by molar-refractivity contribution is 0.0983. The Morgan fingerprint density at radius 2 is 1.69 bits per heavy atom. The predicted octanol–water partition coefficient (Wildman–Crippen LogP) is 5.15. The fourth-order valence-electron chi connectivity index (χ4n) is 3.19. The van der Waals surface area contributed by atoms with Gasteiger partial charge in [0.05, 0.1) is 20.9 Å².